The lowest BCUT2D eigenvalue weighted by Gasteiger charge is -2.29. The van der Waals surface area contributed by atoms with E-state index in [1.165, 1.54) is 23.1 Å². The molecule has 2 aromatic carbocycles. The van der Waals surface area contributed by atoms with Gasteiger partial charge in [0.2, 0.25) is 17.7 Å². The summed E-state index contributed by atoms with van der Waals surface area (Å²) in [7, 11) is -3.93. The van der Waals surface area contributed by atoms with Gasteiger partial charge in [-0.05, 0) is 54.8 Å². The largest absolute Gasteiger partial charge is 0.322 e. The second kappa shape index (κ2) is 8.24. The molecule has 0 bridgehead atoms. The number of imide groups is 1. The summed E-state index contributed by atoms with van der Waals surface area (Å²) in [6.45, 7) is 0.826. The highest BCUT2D eigenvalue weighted by atomic mass is 32.2. The number of carbonyl (C=O) groups is 4. The third-order valence-electron chi connectivity index (χ3n) is 6.31. The fourth-order valence-electron chi connectivity index (χ4n) is 4.56. The van der Waals surface area contributed by atoms with Gasteiger partial charge < -0.3 is 9.80 Å². The Bertz CT molecular complexity index is 1320. The zero-order chi connectivity index (χ0) is 24.0. The summed E-state index contributed by atoms with van der Waals surface area (Å²) in [5, 5.41) is 2.25. The van der Waals surface area contributed by atoms with E-state index < -0.39 is 22.0 Å². The number of amides is 4. The molecule has 2 aromatic rings. The highest BCUT2D eigenvalue weighted by Crippen LogP contribution is 2.30. The molecule has 3 heterocycles. The van der Waals surface area contributed by atoms with Crippen molar-refractivity contribution in [2.45, 2.75) is 43.2 Å². The molecule has 2 fully saturated rings. The summed E-state index contributed by atoms with van der Waals surface area (Å²) < 4.78 is 28.3. The first kappa shape index (κ1) is 22.1. The van der Waals surface area contributed by atoms with Crippen LogP contribution in [0, 0.1) is 0 Å². The molecule has 4 amide bonds. The molecule has 0 spiro atoms. The lowest BCUT2D eigenvalue weighted by Crippen LogP contribution is -2.52. The first-order valence-corrected chi connectivity index (χ1v) is 12.4. The average Bonchev–Trinajstić information content (AvgIpc) is 3.37. The van der Waals surface area contributed by atoms with Gasteiger partial charge in [-0.15, -0.1) is 0 Å². The first-order chi connectivity index (χ1) is 16.2. The SMILES string of the molecule is O=C1CCC(N2Cc3ccc(NS(=O)(=O)c4ccc(N5CCCC5=O)cc4)cc3C2=O)C(=O)N1. The number of fused-ring (bicyclic) bond motifs is 1. The summed E-state index contributed by atoms with van der Waals surface area (Å²) in [6, 6.07) is 10.0. The molecule has 1 atom stereocenters. The maximum atomic E-state index is 13.0. The highest BCUT2D eigenvalue weighted by Gasteiger charge is 2.39. The van der Waals surface area contributed by atoms with E-state index in [1.807, 2.05) is 0 Å². The molecule has 1 unspecified atom stereocenters. The third kappa shape index (κ3) is 3.92. The Kier molecular flexibility index (Phi) is 5.35. The summed E-state index contributed by atoms with van der Waals surface area (Å²) in [6.07, 6.45) is 1.67. The predicted octanol–water partition coefficient (Wildman–Crippen LogP) is 1.38. The topological polar surface area (TPSA) is 133 Å². The van der Waals surface area contributed by atoms with Crippen molar-refractivity contribution in [3.63, 3.8) is 0 Å². The number of nitrogens with one attached hydrogen (secondary N) is 2. The van der Waals surface area contributed by atoms with Crippen molar-refractivity contribution in [1.29, 1.82) is 0 Å². The van der Waals surface area contributed by atoms with E-state index >= 15 is 0 Å². The molecule has 3 aliphatic heterocycles. The van der Waals surface area contributed by atoms with Crippen LogP contribution in [0.4, 0.5) is 11.4 Å². The molecule has 5 rings (SSSR count). The first-order valence-electron chi connectivity index (χ1n) is 10.9. The van der Waals surface area contributed by atoms with Crippen LogP contribution in [0.1, 0.15) is 41.6 Å². The predicted molar refractivity (Wildman–Crippen MR) is 121 cm³/mol. The number of rotatable bonds is 5. The number of benzene rings is 2. The second-order valence-electron chi connectivity index (χ2n) is 8.52. The minimum Gasteiger partial charge on any atom is -0.322 e. The Morgan fingerprint density at radius 1 is 0.971 bits per heavy atom. The van der Waals surface area contributed by atoms with Gasteiger partial charge >= 0.3 is 0 Å². The standard InChI is InChI=1S/C23H22N4O6S/c28-20-10-9-19(22(30)24-20)27-13-14-3-4-15(12-18(14)23(27)31)25-34(32,33)17-7-5-16(6-8-17)26-11-1-2-21(26)29/h3-8,12,19,25H,1-2,9-11,13H2,(H,24,28,30). The molecule has 0 saturated carbocycles. The van der Waals surface area contributed by atoms with Crippen molar-refractivity contribution in [2.24, 2.45) is 0 Å². The summed E-state index contributed by atoms with van der Waals surface area (Å²) in [4.78, 5) is 51.5. The van der Waals surface area contributed by atoms with Gasteiger partial charge in [0, 0.05) is 42.9 Å². The Balaban J connectivity index is 1.32. The van der Waals surface area contributed by atoms with Crippen LogP contribution in [0.5, 0.6) is 0 Å². The zero-order valence-corrected chi connectivity index (χ0v) is 18.9. The van der Waals surface area contributed by atoms with Crippen molar-refractivity contribution in [3.8, 4) is 0 Å². The van der Waals surface area contributed by atoms with Gasteiger partial charge in [0.25, 0.3) is 15.9 Å². The van der Waals surface area contributed by atoms with Crippen LogP contribution in [0.15, 0.2) is 47.4 Å². The van der Waals surface area contributed by atoms with E-state index in [9.17, 15) is 27.6 Å². The van der Waals surface area contributed by atoms with Crippen molar-refractivity contribution in [3.05, 3.63) is 53.6 Å². The highest BCUT2D eigenvalue weighted by molar-refractivity contribution is 7.92. The van der Waals surface area contributed by atoms with Gasteiger partial charge in [-0.2, -0.15) is 0 Å². The fourth-order valence-corrected chi connectivity index (χ4v) is 5.61. The van der Waals surface area contributed by atoms with E-state index in [4.69, 9.17) is 0 Å². The number of nitrogens with zero attached hydrogens (tertiary/aromatic N) is 2. The average molecular weight is 483 g/mol. The van der Waals surface area contributed by atoms with Gasteiger partial charge in [0.05, 0.1) is 4.90 Å². The molecular weight excluding hydrogens is 460 g/mol. The van der Waals surface area contributed by atoms with Crippen LogP contribution in [0.3, 0.4) is 0 Å². The van der Waals surface area contributed by atoms with E-state index in [0.29, 0.717) is 29.8 Å². The molecular formula is C23H22N4O6S. The molecule has 0 radical (unpaired) electrons. The number of piperidine rings is 1. The number of hydrogen-bond donors (Lipinski definition) is 2. The number of hydrogen-bond acceptors (Lipinski definition) is 6. The van der Waals surface area contributed by atoms with Crippen molar-refractivity contribution < 1.29 is 27.6 Å². The number of sulfonamides is 1. The van der Waals surface area contributed by atoms with E-state index in [2.05, 4.69) is 10.0 Å². The molecule has 0 aliphatic carbocycles. The van der Waals surface area contributed by atoms with E-state index in [-0.39, 0.29) is 47.7 Å². The Hall–Kier alpha value is -3.73. The maximum absolute atomic E-state index is 13.0. The van der Waals surface area contributed by atoms with Gasteiger partial charge in [-0.25, -0.2) is 8.42 Å². The molecule has 2 saturated heterocycles. The van der Waals surface area contributed by atoms with Gasteiger partial charge in [0.15, 0.2) is 0 Å². The monoisotopic (exact) mass is 482 g/mol. The van der Waals surface area contributed by atoms with Crippen molar-refractivity contribution in [2.75, 3.05) is 16.2 Å². The van der Waals surface area contributed by atoms with E-state index in [0.717, 1.165) is 6.42 Å². The Labute approximate surface area is 196 Å². The molecule has 34 heavy (non-hydrogen) atoms. The second-order valence-corrected chi connectivity index (χ2v) is 10.2. The zero-order valence-electron chi connectivity index (χ0n) is 18.1. The van der Waals surface area contributed by atoms with Crippen LogP contribution in [-0.2, 0) is 31.0 Å². The molecule has 10 nitrogen and oxygen atoms in total. The van der Waals surface area contributed by atoms with E-state index in [1.54, 1.807) is 29.2 Å². The third-order valence-corrected chi connectivity index (χ3v) is 7.71. The number of anilines is 2. The maximum Gasteiger partial charge on any atom is 0.261 e. The summed E-state index contributed by atoms with van der Waals surface area (Å²) in [5.74, 6) is -1.23. The van der Waals surface area contributed by atoms with Gasteiger partial charge in [-0.3, -0.25) is 29.2 Å². The molecule has 176 valence electrons. The van der Waals surface area contributed by atoms with Crippen LogP contribution >= 0.6 is 0 Å². The minimum atomic E-state index is -3.93. The van der Waals surface area contributed by atoms with Crippen molar-refractivity contribution in [1.82, 2.24) is 10.2 Å². The molecule has 11 heteroatoms. The fraction of sp³-hybridized carbons (Fsp3) is 0.304. The smallest absolute Gasteiger partial charge is 0.261 e. The molecule has 0 aromatic heterocycles. The van der Waals surface area contributed by atoms with Gasteiger partial charge in [-0.1, -0.05) is 6.07 Å². The number of carbonyl (C=O) groups excluding carboxylic acids is 4. The summed E-state index contributed by atoms with van der Waals surface area (Å²) in [5.41, 5.74) is 1.86. The lowest BCUT2D eigenvalue weighted by atomic mass is 10.0. The van der Waals surface area contributed by atoms with Crippen molar-refractivity contribution >= 4 is 45.0 Å². The van der Waals surface area contributed by atoms with Gasteiger partial charge in [0.1, 0.15) is 6.04 Å². The lowest BCUT2D eigenvalue weighted by molar-refractivity contribution is -0.137. The Morgan fingerprint density at radius 3 is 2.41 bits per heavy atom. The quantitative estimate of drug-likeness (QED) is 0.619. The summed E-state index contributed by atoms with van der Waals surface area (Å²) >= 11 is 0. The normalized spacial score (nSPS) is 20.5. The van der Waals surface area contributed by atoms with Crippen LogP contribution in [0.2, 0.25) is 0 Å². The molecule has 2 N–H and O–H groups in total. The van der Waals surface area contributed by atoms with Crippen LogP contribution < -0.4 is 14.9 Å². The Morgan fingerprint density at radius 2 is 1.74 bits per heavy atom. The van der Waals surface area contributed by atoms with Crippen LogP contribution in [-0.4, -0.2) is 49.5 Å². The molecule has 3 aliphatic rings. The van der Waals surface area contributed by atoms with Crippen LogP contribution in [0.25, 0.3) is 0 Å². The minimum absolute atomic E-state index is 0.0166.